The summed E-state index contributed by atoms with van der Waals surface area (Å²) >= 11 is 16.7. The minimum Gasteiger partial charge on any atom is -1.00 e. The standard InChI is InChI=1S/C16H19N3O.C13H13BrN2O2.C13H16BrNO2.C12H16BrNO.C11H11BrO.C4H4BN2O2.CBrN.CH4.B.Na.H/c1-11-5-16(17,9-20)6-12-3-2-4-14(15(11)12)13-7-18-10-19-8-13;1-7-5-13(11(17)15-12(18)16-13)6-8-3-2-4-9(14)10(7)8;1-8-6-13(15,12(16)17-2)7-9-4-3-5-10(14)11(8)9;1-8-5-12(14,7-15)6-9-3-2-4-10(13)11(8)9;1-7-5-9(13)6-8-3-2-4-10(12)11(7)8;8-5-9-4-3-6-1-2-7-4;2-1-3;;;;/h2-4,7-8,10-11,20H,5-6,9,17H2,1H3;2-4,7H,5-6H2,1H3,(H2,15,16,17,18);3-5,8H,6-7,15H2,1-2H3;2-4,8,15H,5-7,14H2,1H3;2-4,7H,5-6H2,1H3;1-3,8H;;1H4;;;/q;;;;;;;;;+1;-1. The summed E-state index contributed by atoms with van der Waals surface area (Å²) in [7, 11) is 1.95. The SMILES string of the molecule is C.CC1CC(=O)Cc2cccc(Br)c21.CC1CC(N)(CO)Cc2cccc(-c3cncnc3)c21.CC1CC(N)(CO)Cc2cccc(Br)c21.CC1CC2(Cc3cccc(Br)c31)NC(=O)NC2=O.COC(=O)C1(N)Cc2cccc(Br)c2C(C)C1.N#CBr.O[B]Oc1cnccn1.[B].[H-].[Na+]. The van der Waals surface area contributed by atoms with Crippen molar-refractivity contribution in [2.75, 3.05) is 20.3 Å². The van der Waals surface area contributed by atoms with Crippen LogP contribution in [0.25, 0.3) is 11.1 Å². The number of fused-ring (bicyclic) bond motifs is 5. The molecule has 3 heterocycles. The third kappa shape index (κ3) is 21.5. The van der Waals surface area contributed by atoms with Gasteiger partial charge in [-0.05, 0) is 154 Å². The van der Waals surface area contributed by atoms with Crippen LogP contribution in [0.2, 0.25) is 0 Å². The molecule has 0 bridgehead atoms. The van der Waals surface area contributed by atoms with Crippen LogP contribution < -0.4 is 62.0 Å². The third-order valence-corrected chi connectivity index (χ3v) is 20.6. The number of aliphatic hydroxyl groups excluding tert-OH is 2. The summed E-state index contributed by atoms with van der Waals surface area (Å²) < 4.78 is 13.7. The number of aliphatic hydroxyl groups is 2. The molecule has 2 aromatic heterocycles. The van der Waals surface area contributed by atoms with Gasteiger partial charge in [0.15, 0.2) is 0 Å². The number of esters is 1. The van der Waals surface area contributed by atoms with Crippen LogP contribution in [0.4, 0.5) is 4.79 Å². The van der Waals surface area contributed by atoms with Crippen molar-refractivity contribution in [3.8, 4) is 22.0 Å². The largest absolute Gasteiger partial charge is 1.00 e. The summed E-state index contributed by atoms with van der Waals surface area (Å²) in [5.74, 6) is 1.67. The number of carbonyl (C=O) groups is 4. The number of hydrogen-bond acceptors (Lipinski definition) is 17. The van der Waals surface area contributed by atoms with E-state index < -0.39 is 22.2 Å². The Kier molecular flexibility index (Phi) is 33.8. The maximum Gasteiger partial charge on any atom is 1.00 e. The first kappa shape index (κ1) is 85.3. The summed E-state index contributed by atoms with van der Waals surface area (Å²) in [6.07, 6.45) is 16.4. The molecule has 13 rings (SSSR count). The Balaban J connectivity index is 0.000000308. The van der Waals surface area contributed by atoms with Crippen LogP contribution in [0.1, 0.15) is 161 Å². The Morgan fingerprint density at radius 3 is 1.55 bits per heavy atom. The van der Waals surface area contributed by atoms with Crippen molar-refractivity contribution in [1.29, 1.82) is 5.26 Å². The molecule has 0 saturated carbocycles. The van der Waals surface area contributed by atoms with Gasteiger partial charge in [0.05, 0.1) is 26.5 Å². The zero-order chi connectivity index (χ0) is 69.4. The van der Waals surface area contributed by atoms with Gasteiger partial charge in [-0.3, -0.25) is 24.7 Å². The van der Waals surface area contributed by atoms with Gasteiger partial charge in [-0.1, -0.05) is 172 Å². The summed E-state index contributed by atoms with van der Waals surface area (Å²) in [6, 6.07) is 30.2. The molecule has 9 unspecified atom stereocenters. The van der Waals surface area contributed by atoms with E-state index >= 15 is 0 Å². The Morgan fingerprint density at radius 1 is 0.653 bits per heavy atom. The molecule has 1 spiro atoms. The fraction of sp³-hybridized carbons (Fsp3) is 0.394. The van der Waals surface area contributed by atoms with Gasteiger partial charge < -0.3 is 48.6 Å². The van der Waals surface area contributed by atoms with E-state index in [9.17, 15) is 29.4 Å². The topological polar surface area (TPSA) is 325 Å². The summed E-state index contributed by atoms with van der Waals surface area (Å²) in [5.41, 5.74) is 30.7. The number of nitrogens with one attached hydrogen (secondary N) is 2. The molecule has 6 aliphatic rings. The van der Waals surface area contributed by atoms with Crippen LogP contribution >= 0.6 is 79.6 Å². The molecular weight excluding hydrogens is 1580 g/mol. The number of nitriles is 1. The summed E-state index contributed by atoms with van der Waals surface area (Å²) in [5, 5.41) is 39.3. The number of urea groups is 1. The molecular formula is C71H84B2Br5N10NaO9. The number of nitrogens with zero attached hydrogens (tertiary/aromatic N) is 5. The second-order valence-electron chi connectivity index (χ2n) is 25.2. The summed E-state index contributed by atoms with van der Waals surface area (Å²) in [4.78, 5) is 63.6. The number of ether oxygens (including phenoxy) is 1. The van der Waals surface area contributed by atoms with Crippen LogP contribution in [0, 0.1) is 10.2 Å². The van der Waals surface area contributed by atoms with Gasteiger partial charge in [0.2, 0.25) is 5.88 Å². The van der Waals surface area contributed by atoms with Crippen molar-refractivity contribution in [3.05, 3.63) is 202 Å². The molecule has 514 valence electrons. The Morgan fingerprint density at radius 2 is 1.09 bits per heavy atom. The van der Waals surface area contributed by atoms with Crippen LogP contribution in [0.15, 0.2) is 146 Å². The molecule has 1 aliphatic heterocycles. The van der Waals surface area contributed by atoms with Gasteiger partial charge in [-0.25, -0.2) is 19.7 Å². The number of aromatic nitrogens is 4. The normalized spacial score (nSPS) is 23.7. The van der Waals surface area contributed by atoms with E-state index in [0.29, 0.717) is 76.2 Å². The molecule has 1 fully saturated rings. The number of halogens is 5. The first-order valence-electron chi connectivity index (χ1n) is 30.9. The van der Waals surface area contributed by atoms with Crippen molar-refractivity contribution in [1.82, 2.24) is 30.6 Å². The number of hydrogen-bond donors (Lipinski definition) is 8. The quantitative estimate of drug-likeness (QED) is 0.0437. The van der Waals surface area contributed by atoms with E-state index in [4.69, 9.17) is 32.2 Å². The van der Waals surface area contributed by atoms with Crippen molar-refractivity contribution in [2.45, 2.75) is 158 Å². The van der Waals surface area contributed by atoms with Gasteiger partial charge >= 0.3 is 49.2 Å². The van der Waals surface area contributed by atoms with E-state index in [2.05, 4.69) is 174 Å². The monoisotopic (exact) mass is 1660 g/mol. The van der Waals surface area contributed by atoms with Crippen LogP contribution in [-0.4, -0.2) is 117 Å². The van der Waals surface area contributed by atoms with E-state index in [0.717, 1.165) is 53.8 Å². The Hall–Kier alpha value is -5.08. The number of benzene rings is 5. The Bertz CT molecular complexity index is 3900. The van der Waals surface area contributed by atoms with E-state index in [1.807, 2.05) is 79.1 Å². The Labute approximate surface area is 643 Å². The molecule has 5 aromatic carbocycles. The number of carbonyl (C=O) groups excluding carboxylic acids is 4. The molecule has 4 radical (unpaired) electrons. The molecule has 11 N–H and O–H groups in total. The van der Waals surface area contributed by atoms with Gasteiger partial charge in [0.1, 0.15) is 28.2 Å². The minimum atomic E-state index is -0.887. The second kappa shape index (κ2) is 38.8. The average molecular weight is 1670 g/mol. The predicted molar refractivity (Wildman–Crippen MR) is 398 cm³/mol. The van der Waals surface area contributed by atoms with Crippen molar-refractivity contribution < 1.29 is 74.8 Å². The van der Waals surface area contributed by atoms with Crippen LogP contribution in [0.5, 0.6) is 5.88 Å². The number of amides is 3. The van der Waals surface area contributed by atoms with E-state index in [-0.39, 0.29) is 95.7 Å². The molecule has 98 heavy (non-hydrogen) atoms. The second-order valence-corrected chi connectivity index (χ2v) is 29.0. The number of rotatable bonds is 6. The fourth-order valence-electron chi connectivity index (χ4n) is 14.1. The first-order valence-corrected chi connectivity index (χ1v) is 34.8. The molecule has 3 amide bonds. The molecule has 5 aliphatic carbocycles. The van der Waals surface area contributed by atoms with Crippen LogP contribution in [-0.2, 0) is 51.2 Å². The van der Waals surface area contributed by atoms with Crippen molar-refractivity contribution >= 4 is 119 Å². The molecule has 9 atom stereocenters. The van der Waals surface area contributed by atoms with Gasteiger partial charge in [0.25, 0.3) is 5.91 Å². The number of methoxy groups -OCH3 is 1. The molecule has 19 nitrogen and oxygen atoms in total. The molecule has 27 heteroatoms. The predicted octanol–water partition coefficient (Wildman–Crippen LogP) is 9.20. The smallest absolute Gasteiger partial charge is 1.00 e. The molecule has 1 saturated heterocycles. The maximum atomic E-state index is 12.0. The van der Waals surface area contributed by atoms with E-state index in [1.165, 1.54) is 75.8 Å². The van der Waals surface area contributed by atoms with Crippen molar-refractivity contribution in [3.63, 3.8) is 0 Å². The number of ketones is 1. The average Bonchev–Trinajstić information content (AvgIpc) is 1.34. The zero-order valence-electron chi connectivity index (χ0n) is 56.3. The third-order valence-electron chi connectivity index (χ3n) is 17.8. The minimum absolute atomic E-state index is 0. The van der Waals surface area contributed by atoms with Gasteiger partial charge in [-0.2, -0.15) is 5.26 Å². The fourth-order valence-corrected chi connectivity index (χ4v) is 17.3. The zero-order valence-corrected chi connectivity index (χ0v) is 65.2. The van der Waals surface area contributed by atoms with Gasteiger partial charge in [0, 0.05) is 109 Å². The van der Waals surface area contributed by atoms with Crippen LogP contribution in [0.3, 0.4) is 0 Å². The number of Topliss-reactive ketones (excluding diaryl/α,β-unsaturated/α-hetero) is 1. The van der Waals surface area contributed by atoms with E-state index in [1.54, 1.807) is 11.3 Å². The number of imide groups is 1. The van der Waals surface area contributed by atoms with Gasteiger partial charge in [-0.15, -0.1) is 0 Å². The first-order chi connectivity index (χ1) is 45.2. The summed E-state index contributed by atoms with van der Waals surface area (Å²) in [6.45, 7) is 10.7. The van der Waals surface area contributed by atoms with Crippen molar-refractivity contribution in [2.24, 2.45) is 17.2 Å². The molecule has 7 aromatic rings. The maximum absolute atomic E-state index is 12.0. The number of nitrogens with two attached hydrogens (primary N) is 3.